The van der Waals surface area contributed by atoms with E-state index in [-0.39, 0.29) is 12.8 Å². The average molecular weight is 690 g/mol. The van der Waals surface area contributed by atoms with Gasteiger partial charge < -0.3 is 35.3 Å². The number of fused-ring (bicyclic) bond motifs is 1. The first-order valence-electron chi connectivity index (χ1n) is 17.4. The third-order valence-electron chi connectivity index (χ3n) is 9.23. The number of carbonyl (C=O) groups is 2. The molecule has 2 amide bonds. The van der Waals surface area contributed by atoms with Crippen molar-refractivity contribution < 1.29 is 39.1 Å². The molecule has 3 aromatic carbocycles. The molecule has 5 N–H and O–H groups in total. The number of hydrogen-bond acceptors (Lipinski definition) is 10. The Bertz CT molecular complexity index is 1560. The van der Waals surface area contributed by atoms with Gasteiger partial charge in [0.05, 0.1) is 25.4 Å². The first-order chi connectivity index (χ1) is 23.9. The Kier molecular flexibility index (Phi) is 12.7. The van der Waals surface area contributed by atoms with E-state index in [1.165, 1.54) is 0 Å². The van der Waals surface area contributed by atoms with E-state index >= 15 is 0 Å². The fraction of sp³-hybridized carbons (Fsp3) is 0.487. The molecule has 3 aromatic rings. The number of aliphatic hydroxyl groups is 3. The van der Waals surface area contributed by atoms with Crippen LogP contribution in [0.2, 0.25) is 0 Å². The standard InChI is InChI=1S/C39H51N3O8/c1-39(2,3)50-38(47)42(34-30-14-7-8-15-31(30)35(44)36(34)45)37(46)28(25-33(43)32(40)24-26-10-5-4-6-11-26)22-27-12-9-13-29(23-27)49-21-18-41-16-19-48-20-17-41/h4-15,23,28,32-36,43-45H,16-22,24-25,40H2,1-3H3/t28?,32?,33?,34-,35+,36-/m0/s1. The minimum Gasteiger partial charge on any atom is -0.492 e. The topological polar surface area (TPSA) is 155 Å². The van der Waals surface area contributed by atoms with Gasteiger partial charge in [0.15, 0.2) is 0 Å². The highest BCUT2D eigenvalue weighted by Gasteiger charge is 2.48. The molecule has 1 aliphatic heterocycles. The van der Waals surface area contributed by atoms with Gasteiger partial charge in [-0.1, -0.05) is 66.7 Å². The number of carbonyl (C=O) groups excluding carboxylic acids is 2. The first kappa shape index (κ1) is 37.4. The van der Waals surface area contributed by atoms with Crippen LogP contribution in [0.3, 0.4) is 0 Å². The van der Waals surface area contributed by atoms with E-state index in [1.54, 1.807) is 45.0 Å². The van der Waals surface area contributed by atoms with E-state index in [9.17, 15) is 24.9 Å². The SMILES string of the molecule is CC(C)(C)OC(=O)N(C(=O)C(Cc1cccc(OCCN2CCOCC2)c1)CC(O)C(N)Cc1ccccc1)[C@H]1c2ccccc2[C@@H](O)[C@H]1O. The van der Waals surface area contributed by atoms with E-state index in [4.69, 9.17) is 19.9 Å². The number of rotatable bonds is 13. The molecule has 3 unspecified atom stereocenters. The zero-order valence-electron chi connectivity index (χ0n) is 29.2. The van der Waals surface area contributed by atoms with Crippen LogP contribution in [0.5, 0.6) is 5.75 Å². The molecule has 1 fully saturated rings. The number of nitrogens with two attached hydrogens (primary N) is 1. The van der Waals surface area contributed by atoms with Crippen LogP contribution in [0.15, 0.2) is 78.9 Å². The van der Waals surface area contributed by atoms with Gasteiger partial charge in [0.2, 0.25) is 5.91 Å². The Balaban J connectivity index is 1.43. The lowest BCUT2D eigenvalue weighted by Gasteiger charge is -2.35. The number of benzene rings is 3. The van der Waals surface area contributed by atoms with Crippen molar-refractivity contribution in [1.29, 1.82) is 0 Å². The smallest absolute Gasteiger partial charge is 0.417 e. The number of ether oxygens (including phenoxy) is 3. The summed E-state index contributed by atoms with van der Waals surface area (Å²) in [7, 11) is 0. The molecule has 5 rings (SSSR count). The van der Waals surface area contributed by atoms with Crippen molar-refractivity contribution in [2.24, 2.45) is 11.7 Å². The van der Waals surface area contributed by atoms with E-state index < -0.39 is 53.9 Å². The molecule has 0 bridgehead atoms. The molecule has 1 aliphatic carbocycles. The van der Waals surface area contributed by atoms with Gasteiger partial charge in [-0.2, -0.15) is 0 Å². The minimum atomic E-state index is -1.49. The first-order valence-corrected chi connectivity index (χ1v) is 17.4. The third-order valence-corrected chi connectivity index (χ3v) is 9.23. The number of nitrogens with zero attached hydrogens (tertiary/aromatic N) is 2. The second-order valence-corrected chi connectivity index (χ2v) is 14.2. The van der Waals surface area contributed by atoms with Crippen molar-refractivity contribution in [1.82, 2.24) is 9.80 Å². The summed E-state index contributed by atoms with van der Waals surface area (Å²) < 4.78 is 17.2. The van der Waals surface area contributed by atoms with E-state index in [0.29, 0.717) is 43.1 Å². The van der Waals surface area contributed by atoms with Crippen LogP contribution in [0.25, 0.3) is 0 Å². The van der Waals surface area contributed by atoms with Gasteiger partial charge in [0.1, 0.15) is 30.2 Å². The monoisotopic (exact) mass is 689 g/mol. The molecule has 0 saturated carbocycles. The molecule has 1 saturated heterocycles. The molecule has 50 heavy (non-hydrogen) atoms. The molecule has 0 aromatic heterocycles. The minimum absolute atomic E-state index is 0.0682. The van der Waals surface area contributed by atoms with Gasteiger partial charge in [-0.3, -0.25) is 9.69 Å². The maximum Gasteiger partial charge on any atom is 0.417 e. The van der Waals surface area contributed by atoms with E-state index in [1.807, 2.05) is 54.6 Å². The van der Waals surface area contributed by atoms with Crippen molar-refractivity contribution in [2.75, 3.05) is 39.5 Å². The quantitative estimate of drug-likeness (QED) is 0.208. The fourth-order valence-corrected chi connectivity index (χ4v) is 6.65. The van der Waals surface area contributed by atoms with Crippen molar-refractivity contribution in [3.05, 3.63) is 101 Å². The maximum absolute atomic E-state index is 14.8. The van der Waals surface area contributed by atoms with Crippen LogP contribution in [0.4, 0.5) is 4.79 Å². The summed E-state index contributed by atoms with van der Waals surface area (Å²) in [4.78, 5) is 31.9. The van der Waals surface area contributed by atoms with Crippen LogP contribution in [-0.2, 0) is 27.1 Å². The van der Waals surface area contributed by atoms with Gasteiger partial charge >= 0.3 is 6.09 Å². The molecule has 11 nitrogen and oxygen atoms in total. The van der Waals surface area contributed by atoms with Crippen molar-refractivity contribution in [2.45, 2.75) is 76.0 Å². The zero-order chi connectivity index (χ0) is 35.8. The number of morpholine rings is 1. The Hall–Kier alpha value is -3.84. The molecule has 270 valence electrons. The van der Waals surface area contributed by atoms with E-state index in [2.05, 4.69) is 4.90 Å². The van der Waals surface area contributed by atoms with Crippen LogP contribution < -0.4 is 10.5 Å². The summed E-state index contributed by atoms with van der Waals surface area (Å²) in [5.74, 6) is -0.979. The highest BCUT2D eigenvalue weighted by Crippen LogP contribution is 2.44. The fourth-order valence-electron chi connectivity index (χ4n) is 6.65. The zero-order valence-corrected chi connectivity index (χ0v) is 29.2. The highest BCUT2D eigenvalue weighted by atomic mass is 16.6. The summed E-state index contributed by atoms with van der Waals surface area (Å²) in [6.45, 7) is 9.42. The Morgan fingerprint density at radius 3 is 2.30 bits per heavy atom. The van der Waals surface area contributed by atoms with Crippen LogP contribution in [0, 0.1) is 5.92 Å². The summed E-state index contributed by atoms with van der Waals surface area (Å²) in [6, 6.07) is 21.9. The Morgan fingerprint density at radius 2 is 1.60 bits per heavy atom. The lowest BCUT2D eigenvalue weighted by molar-refractivity contribution is -0.142. The van der Waals surface area contributed by atoms with Gasteiger partial charge in [-0.25, -0.2) is 9.69 Å². The Labute approximate surface area is 294 Å². The van der Waals surface area contributed by atoms with Crippen LogP contribution in [0.1, 0.15) is 61.6 Å². The van der Waals surface area contributed by atoms with Crippen molar-refractivity contribution >= 4 is 12.0 Å². The lowest BCUT2D eigenvalue weighted by atomic mass is 9.88. The number of hydrogen-bond donors (Lipinski definition) is 4. The second kappa shape index (κ2) is 16.9. The summed E-state index contributed by atoms with van der Waals surface area (Å²) >= 11 is 0. The van der Waals surface area contributed by atoms with Gasteiger partial charge in [-0.15, -0.1) is 0 Å². The van der Waals surface area contributed by atoms with Gasteiger partial charge in [-0.05, 0) is 74.4 Å². The normalized spacial score (nSPS) is 21.1. The van der Waals surface area contributed by atoms with Crippen LogP contribution >= 0.6 is 0 Å². The molecule has 1 heterocycles. The van der Waals surface area contributed by atoms with Crippen molar-refractivity contribution in [3.63, 3.8) is 0 Å². The molecule has 11 heteroatoms. The maximum atomic E-state index is 14.8. The lowest BCUT2D eigenvalue weighted by Crippen LogP contribution is -2.50. The van der Waals surface area contributed by atoms with Crippen molar-refractivity contribution in [3.8, 4) is 5.75 Å². The average Bonchev–Trinajstić information content (AvgIpc) is 3.33. The highest BCUT2D eigenvalue weighted by molar-refractivity contribution is 5.94. The molecule has 0 spiro atoms. The third kappa shape index (κ3) is 9.69. The predicted molar refractivity (Wildman–Crippen MR) is 188 cm³/mol. The number of imide groups is 1. The molecule has 6 atom stereocenters. The number of aliphatic hydroxyl groups excluding tert-OH is 3. The molecule has 0 radical (unpaired) electrons. The van der Waals surface area contributed by atoms with Crippen LogP contribution in [-0.4, -0.2) is 100 Å². The summed E-state index contributed by atoms with van der Waals surface area (Å²) in [5.41, 5.74) is 8.12. The van der Waals surface area contributed by atoms with Gasteiger partial charge in [0, 0.05) is 31.6 Å². The predicted octanol–water partition coefficient (Wildman–Crippen LogP) is 3.79. The largest absolute Gasteiger partial charge is 0.492 e. The number of amides is 2. The Morgan fingerprint density at radius 1 is 0.940 bits per heavy atom. The molecule has 2 aliphatic rings. The summed E-state index contributed by atoms with van der Waals surface area (Å²) in [6.07, 6.45) is -4.41. The van der Waals surface area contributed by atoms with Gasteiger partial charge in [0.25, 0.3) is 0 Å². The molecular weight excluding hydrogens is 638 g/mol. The molecular formula is C39H51N3O8. The van der Waals surface area contributed by atoms with E-state index in [0.717, 1.165) is 35.7 Å². The second-order valence-electron chi connectivity index (χ2n) is 14.2. The summed E-state index contributed by atoms with van der Waals surface area (Å²) in [5, 5.41) is 33.7.